The van der Waals surface area contributed by atoms with Crippen LogP contribution in [0.4, 0.5) is 0 Å². The van der Waals surface area contributed by atoms with Crippen LogP contribution < -0.4 is 5.32 Å². The minimum atomic E-state index is -0.138. The fourth-order valence-electron chi connectivity index (χ4n) is 2.26. The van der Waals surface area contributed by atoms with Gasteiger partial charge in [-0.25, -0.2) is 0 Å². The maximum absolute atomic E-state index is 12.0. The molecule has 2 rings (SSSR count). The van der Waals surface area contributed by atoms with Crippen LogP contribution >= 0.6 is 23.2 Å². The molecule has 3 nitrogen and oxygen atoms in total. The second-order valence-electron chi connectivity index (χ2n) is 5.62. The van der Waals surface area contributed by atoms with Crippen molar-refractivity contribution >= 4 is 34.9 Å². The van der Waals surface area contributed by atoms with Crippen molar-refractivity contribution in [3.63, 3.8) is 0 Å². The van der Waals surface area contributed by atoms with Crippen molar-refractivity contribution < 1.29 is 9.59 Å². The van der Waals surface area contributed by atoms with E-state index in [9.17, 15) is 9.59 Å². The van der Waals surface area contributed by atoms with E-state index in [2.05, 4.69) is 5.32 Å². The van der Waals surface area contributed by atoms with Gasteiger partial charge in [0, 0.05) is 35.0 Å². The van der Waals surface area contributed by atoms with E-state index in [-0.39, 0.29) is 24.5 Å². The molecule has 0 aromatic heterocycles. The van der Waals surface area contributed by atoms with Gasteiger partial charge < -0.3 is 5.32 Å². The Hall–Kier alpha value is -1.84. The molecule has 5 heteroatoms. The second kappa shape index (κ2) is 8.86. The van der Waals surface area contributed by atoms with Gasteiger partial charge in [-0.1, -0.05) is 59.1 Å². The summed E-state index contributed by atoms with van der Waals surface area (Å²) in [5, 5.41) is 3.98. The summed E-state index contributed by atoms with van der Waals surface area (Å²) in [5.41, 5.74) is 2.67. The first-order valence-corrected chi connectivity index (χ1v) is 8.52. The fraction of sp³-hybridized carbons (Fsp3) is 0.263. The van der Waals surface area contributed by atoms with Gasteiger partial charge in [-0.05, 0) is 31.0 Å². The summed E-state index contributed by atoms with van der Waals surface area (Å²) >= 11 is 11.9. The highest BCUT2D eigenvalue weighted by molar-refractivity contribution is 6.35. The lowest BCUT2D eigenvalue weighted by Gasteiger charge is -2.07. The summed E-state index contributed by atoms with van der Waals surface area (Å²) in [6.07, 6.45) is 1.01. The molecule has 0 bridgehead atoms. The fourth-order valence-corrected chi connectivity index (χ4v) is 2.76. The number of amides is 1. The Morgan fingerprint density at radius 3 is 2.38 bits per heavy atom. The highest BCUT2D eigenvalue weighted by Crippen LogP contribution is 2.21. The molecule has 0 radical (unpaired) electrons. The average Bonchev–Trinajstić information content (AvgIpc) is 2.55. The molecule has 0 aliphatic carbocycles. The zero-order valence-electron chi connectivity index (χ0n) is 13.4. The minimum Gasteiger partial charge on any atom is -0.356 e. The summed E-state index contributed by atoms with van der Waals surface area (Å²) < 4.78 is 0. The number of hydrogen-bond donors (Lipinski definition) is 1. The average molecular weight is 364 g/mol. The molecule has 0 aliphatic rings. The number of aryl methyl sites for hydroxylation is 1. The lowest BCUT2D eigenvalue weighted by molar-refractivity contribution is -0.121. The Kier molecular flexibility index (Phi) is 6.83. The van der Waals surface area contributed by atoms with E-state index in [1.54, 1.807) is 24.3 Å². The van der Waals surface area contributed by atoms with E-state index in [0.29, 0.717) is 28.6 Å². The van der Waals surface area contributed by atoms with E-state index in [1.165, 1.54) is 0 Å². The molecule has 0 unspecified atom stereocenters. The Bertz CT molecular complexity index is 727. The number of rotatable bonds is 7. The number of hydrogen-bond acceptors (Lipinski definition) is 2. The zero-order valence-corrected chi connectivity index (χ0v) is 15.0. The first kappa shape index (κ1) is 18.5. The number of halogens is 2. The van der Waals surface area contributed by atoms with Crippen LogP contribution in [0.5, 0.6) is 0 Å². The second-order valence-corrected chi connectivity index (χ2v) is 6.47. The van der Waals surface area contributed by atoms with Crippen LogP contribution in [0.3, 0.4) is 0 Å². The first-order valence-electron chi connectivity index (χ1n) is 7.76. The molecular weight excluding hydrogens is 345 g/mol. The van der Waals surface area contributed by atoms with E-state index in [1.807, 2.05) is 25.1 Å². The quantitative estimate of drug-likeness (QED) is 0.729. The normalized spacial score (nSPS) is 10.5. The van der Waals surface area contributed by atoms with Gasteiger partial charge in [0.1, 0.15) is 0 Å². The third-order valence-electron chi connectivity index (χ3n) is 3.68. The van der Waals surface area contributed by atoms with Gasteiger partial charge in [0.2, 0.25) is 5.91 Å². The van der Waals surface area contributed by atoms with Crippen LogP contribution in [0.1, 0.15) is 34.3 Å². The molecule has 2 aromatic carbocycles. The van der Waals surface area contributed by atoms with Gasteiger partial charge in [0.25, 0.3) is 0 Å². The van der Waals surface area contributed by atoms with Crippen LogP contribution in [-0.4, -0.2) is 18.2 Å². The molecule has 0 heterocycles. The van der Waals surface area contributed by atoms with E-state index >= 15 is 0 Å². The highest BCUT2D eigenvalue weighted by atomic mass is 35.5. The van der Waals surface area contributed by atoms with Crippen molar-refractivity contribution in [1.29, 1.82) is 0 Å². The van der Waals surface area contributed by atoms with E-state index < -0.39 is 0 Å². The largest absolute Gasteiger partial charge is 0.356 e. The standard InChI is InChI=1S/C19H19Cl2NO2/c1-13-2-4-15(5-3-13)18(23)8-9-19(24)22-11-10-14-6-7-16(20)12-17(14)21/h2-7,12H,8-11H2,1H3,(H,22,24). The molecule has 126 valence electrons. The van der Waals surface area contributed by atoms with Crippen LogP contribution in [0.25, 0.3) is 0 Å². The summed E-state index contributed by atoms with van der Waals surface area (Å²) in [7, 11) is 0. The lowest BCUT2D eigenvalue weighted by Crippen LogP contribution is -2.26. The molecule has 0 atom stereocenters. The van der Waals surface area contributed by atoms with Crippen molar-refractivity contribution in [2.45, 2.75) is 26.2 Å². The SMILES string of the molecule is Cc1ccc(C(=O)CCC(=O)NCCc2ccc(Cl)cc2Cl)cc1. The van der Waals surface area contributed by atoms with Gasteiger partial charge >= 0.3 is 0 Å². The van der Waals surface area contributed by atoms with Crippen LogP contribution in [0.15, 0.2) is 42.5 Å². The number of ketones is 1. The van der Waals surface area contributed by atoms with Crippen LogP contribution in [0, 0.1) is 6.92 Å². The van der Waals surface area contributed by atoms with Crippen molar-refractivity contribution in [2.24, 2.45) is 0 Å². The zero-order chi connectivity index (χ0) is 17.5. The first-order chi connectivity index (χ1) is 11.5. The Morgan fingerprint density at radius 1 is 1.00 bits per heavy atom. The van der Waals surface area contributed by atoms with Crippen LogP contribution in [0.2, 0.25) is 10.0 Å². The molecule has 1 amide bonds. The molecule has 0 saturated heterocycles. The van der Waals surface area contributed by atoms with E-state index in [0.717, 1.165) is 11.1 Å². The molecule has 0 saturated carbocycles. The number of benzene rings is 2. The molecule has 0 aliphatic heterocycles. The number of carbonyl (C=O) groups is 2. The Labute approximate surface area is 152 Å². The topological polar surface area (TPSA) is 46.2 Å². The predicted octanol–water partition coefficient (Wildman–Crippen LogP) is 4.62. The van der Waals surface area contributed by atoms with Crippen molar-refractivity contribution in [1.82, 2.24) is 5.32 Å². The van der Waals surface area contributed by atoms with Gasteiger partial charge in [0.15, 0.2) is 5.78 Å². The maximum atomic E-state index is 12.0. The molecule has 0 spiro atoms. The van der Waals surface area contributed by atoms with Crippen LogP contribution in [-0.2, 0) is 11.2 Å². The smallest absolute Gasteiger partial charge is 0.220 e. The Balaban J connectivity index is 1.73. The predicted molar refractivity (Wildman–Crippen MR) is 97.9 cm³/mol. The van der Waals surface area contributed by atoms with Crippen molar-refractivity contribution in [3.05, 3.63) is 69.2 Å². The monoisotopic (exact) mass is 363 g/mol. The third-order valence-corrected chi connectivity index (χ3v) is 4.27. The maximum Gasteiger partial charge on any atom is 0.220 e. The lowest BCUT2D eigenvalue weighted by atomic mass is 10.0. The van der Waals surface area contributed by atoms with E-state index in [4.69, 9.17) is 23.2 Å². The highest BCUT2D eigenvalue weighted by Gasteiger charge is 2.09. The number of Topliss-reactive ketones (excluding diaryl/α,β-unsaturated/α-hetero) is 1. The molecular formula is C19H19Cl2NO2. The Morgan fingerprint density at radius 2 is 1.71 bits per heavy atom. The van der Waals surface area contributed by atoms with Gasteiger partial charge in [-0.15, -0.1) is 0 Å². The third kappa shape index (κ3) is 5.66. The number of carbonyl (C=O) groups excluding carboxylic acids is 2. The minimum absolute atomic E-state index is 0.0223. The summed E-state index contributed by atoms with van der Waals surface area (Å²) in [4.78, 5) is 23.9. The van der Waals surface area contributed by atoms with Gasteiger partial charge in [-0.3, -0.25) is 9.59 Å². The van der Waals surface area contributed by atoms with Gasteiger partial charge in [-0.2, -0.15) is 0 Å². The van der Waals surface area contributed by atoms with Crippen molar-refractivity contribution in [2.75, 3.05) is 6.54 Å². The molecule has 1 N–H and O–H groups in total. The summed E-state index contributed by atoms with van der Waals surface area (Å²) in [5.74, 6) is -0.161. The summed E-state index contributed by atoms with van der Waals surface area (Å²) in [6, 6.07) is 12.7. The molecule has 2 aromatic rings. The summed E-state index contributed by atoms with van der Waals surface area (Å²) in [6.45, 7) is 2.44. The molecule has 24 heavy (non-hydrogen) atoms. The van der Waals surface area contributed by atoms with Crippen molar-refractivity contribution in [3.8, 4) is 0 Å². The molecule has 0 fully saturated rings. The number of nitrogens with one attached hydrogen (secondary N) is 1. The van der Waals surface area contributed by atoms with Gasteiger partial charge in [0.05, 0.1) is 0 Å².